The number of ether oxygens (including phenoxy) is 3. The molecule has 0 radical (unpaired) electrons. The fourth-order valence-electron chi connectivity index (χ4n) is 3.74. The van der Waals surface area contributed by atoms with Gasteiger partial charge in [0.05, 0.1) is 42.0 Å². The molecule has 0 aromatic heterocycles. The highest BCUT2D eigenvalue weighted by Gasteiger charge is 2.24. The van der Waals surface area contributed by atoms with Crippen molar-refractivity contribution in [2.45, 2.75) is 26.0 Å². The van der Waals surface area contributed by atoms with Crippen LogP contribution in [0.2, 0.25) is 10.0 Å². The van der Waals surface area contributed by atoms with Gasteiger partial charge >= 0.3 is 5.97 Å². The molecular weight excluding hydrogens is 505 g/mol. The molecule has 2 N–H and O–H groups in total. The first-order chi connectivity index (χ1) is 17.3. The van der Waals surface area contributed by atoms with E-state index in [0.717, 1.165) is 16.7 Å². The van der Waals surface area contributed by atoms with Crippen LogP contribution in [0.25, 0.3) is 11.1 Å². The van der Waals surface area contributed by atoms with Gasteiger partial charge in [0.25, 0.3) is 5.91 Å². The molecule has 0 aliphatic rings. The Morgan fingerprint density at radius 2 is 1.53 bits per heavy atom. The number of aliphatic carboxylic acids is 1. The summed E-state index contributed by atoms with van der Waals surface area (Å²) in [4.78, 5) is 24.6. The van der Waals surface area contributed by atoms with Crippen LogP contribution in [0.4, 0.5) is 0 Å². The topological polar surface area (TPSA) is 94.1 Å². The molecule has 0 heterocycles. The van der Waals surface area contributed by atoms with E-state index in [1.165, 1.54) is 12.1 Å². The molecule has 0 saturated carbocycles. The summed E-state index contributed by atoms with van der Waals surface area (Å²) in [6.07, 6.45) is 0.0605. The largest absolute Gasteiger partial charge is 0.496 e. The first-order valence-corrected chi connectivity index (χ1v) is 11.9. The van der Waals surface area contributed by atoms with Crippen molar-refractivity contribution in [2.75, 3.05) is 20.8 Å². The van der Waals surface area contributed by atoms with Gasteiger partial charge in [-0.25, -0.2) is 4.79 Å². The monoisotopic (exact) mass is 531 g/mol. The van der Waals surface area contributed by atoms with Crippen LogP contribution in [0.5, 0.6) is 11.5 Å². The standard InChI is InChI=1S/C27H27Cl2NO6/c1-4-36-15-17-13-22(34-2)24(23(14-17)35-3)18-10-8-16(9-11-18)12-21(27(32)33)30-26(31)25-19(28)6-5-7-20(25)29/h5-11,13-14,21H,4,12,15H2,1-3H3,(H,30,31)(H,32,33). The minimum absolute atomic E-state index is 0.0365. The maximum absolute atomic E-state index is 12.7. The summed E-state index contributed by atoms with van der Waals surface area (Å²) in [6.45, 7) is 2.96. The van der Waals surface area contributed by atoms with Crippen molar-refractivity contribution in [3.63, 3.8) is 0 Å². The molecule has 3 aromatic rings. The third kappa shape index (κ3) is 6.49. The van der Waals surface area contributed by atoms with Crippen molar-refractivity contribution in [1.82, 2.24) is 5.32 Å². The first kappa shape index (κ1) is 27.3. The van der Waals surface area contributed by atoms with Gasteiger partial charge in [-0.05, 0) is 47.9 Å². The summed E-state index contributed by atoms with van der Waals surface area (Å²) in [5.41, 5.74) is 3.26. The van der Waals surface area contributed by atoms with Gasteiger partial charge in [-0.15, -0.1) is 0 Å². The van der Waals surface area contributed by atoms with Crippen molar-refractivity contribution in [2.24, 2.45) is 0 Å². The number of carbonyl (C=O) groups excluding carboxylic acids is 1. The first-order valence-electron chi connectivity index (χ1n) is 11.2. The number of benzene rings is 3. The minimum atomic E-state index is -1.18. The summed E-state index contributed by atoms with van der Waals surface area (Å²) >= 11 is 12.2. The van der Waals surface area contributed by atoms with Crippen LogP contribution in [-0.2, 0) is 22.6 Å². The zero-order valence-electron chi connectivity index (χ0n) is 20.1. The van der Waals surface area contributed by atoms with E-state index in [2.05, 4.69) is 5.32 Å². The second-order valence-corrected chi connectivity index (χ2v) is 8.69. The van der Waals surface area contributed by atoms with Crippen LogP contribution in [0.1, 0.15) is 28.4 Å². The number of hydrogen-bond acceptors (Lipinski definition) is 5. The highest BCUT2D eigenvalue weighted by molar-refractivity contribution is 6.39. The van der Waals surface area contributed by atoms with Gasteiger partial charge in [0, 0.05) is 13.0 Å². The van der Waals surface area contributed by atoms with Gasteiger partial charge in [-0.3, -0.25) is 4.79 Å². The summed E-state index contributed by atoms with van der Waals surface area (Å²) < 4.78 is 16.7. The molecule has 1 amide bonds. The van der Waals surface area contributed by atoms with E-state index >= 15 is 0 Å². The molecule has 1 unspecified atom stereocenters. The lowest BCUT2D eigenvalue weighted by molar-refractivity contribution is -0.139. The fourth-order valence-corrected chi connectivity index (χ4v) is 4.31. The molecule has 0 fully saturated rings. The molecule has 36 heavy (non-hydrogen) atoms. The fraction of sp³-hybridized carbons (Fsp3) is 0.259. The number of rotatable bonds is 11. The molecular formula is C27H27Cl2NO6. The number of carboxylic acid groups (broad SMARTS) is 1. The third-order valence-electron chi connectivity index (χ3n) is 5.51. The van der Waals surface area contributed by atoms with Crippen molar-refractivity contribution in [1.29, 1.82) is 0 Å². The quantitative estimate of drug-likeness (QED) is 0.332. The summed E-state index contributed by atoms with van der Waals surface area (Å²) in [6, 6.07) is 14.6. The predicted molar refractivity (Wildman–Crippen MR) is 139 cm³/mol. The molecule has 0 spiro atoms. The van der Waals surface area contributed by atoms with E-state index < -0.39 is 17.9 Å². The summed E-state index contributed by atoms with van der Waals surface area (Å²) in [5.74, 6) is -0.576. The van der Waals surface area contributed by atoms with Crippen LogP contribution >= 0.6 is 23.2 Å². The molecule has 3 rings (SSSR count). The van der Waals surface area contributed by atoms with E-state index in [-0.39, 0.29) is 22.0 Å². The SMILES string of the molecule is CCOCc1cc(OC)c(-c2ccc(CC(NC(=O)c3c(Cl)cccc3Cl)C(=O)O)cc2)c(OC)c1. The molecule has 0 aliphatic carbocycles. The molecule has 7 nitrogen and oxygen atoms in total. The van der Waals surface area contributed by atoms with Gasteiger partial charge in [-0.1, -0.05) is 53.5 Å². The van der Waals surface area contributed by atoms with Crippen LogP contribution in [0.3, 0.4) is 0 Å². The Morgan fingerprint density at radius 1 is 0.944 bits per heavy atom. The Hall–Kier alpha value is -3.26. The zero-order valence-corrected chi connectivity index (χ0v) is 21.7. The normalized spacial score (nSPS) is 11.6. The summed E-state index contributed by atoms with van der Waals surface area (Å²) in [5, 5.41) is 12.5. The smallest absolute Gasteiger partial charge is 0.326 e. The van der Waals surface area contributed by atoms with E-state index in [1.54, 1.807) is 32.4 Å². The molecule has 3 aromatic carbocycles. The number of carboxylic acids is 1. The number of halogens is 2. The Kier molecular flexibility index (Phi) is 9.58. The van der Waals surface area contributed by atoms with E-state index in [0.29, 0.717) is 30.3 Å². The maximum Gasteiger partial charge on any atom is 0.326 e. The predicted octanol–water partition coefficient (Wildman–Crippen LogP) is 5.64. The molecule has 9 heteroatoms. The number of nitrogens with one attached hydrogen (secondary N) is 1. The zero-order chi connectivity index (χ0) is 26.2. The molecule has 0 saturated heterocycles. The van der Waals surface area contributed by atoms with Gasteiger partial charge in [-0.2, -0.15) is 0 Å². The van der Waals surface area contributed by atoms with E-state index in [4.69, 9.17) is 37.4 Å². The lowest BCUT2D eigenvalue weighted by Crippen LogP contribution is -2.42. The van der Waals surface area contributed by atoms with Crippen molar-refractivity contribution >= 4 is 35.1 Å². The summed E-state index contributed by atoms with van der Waals surface area (Å²) in [7, 11) is 3.17. The average Bonchev–Trinajstić information content (AvgIpc) is 2.86. The lowest BCUT2D eigenvalue weighted by Gasteiger charge is -2.17. The number of carbonyl (C=O) groups is 2. The van der Waals surface area contributed by atoms with Crippen LogP contribution in [0.15, 0.2) is 54.6 Å². The molecule has 190 valence electrons. The van der Waals surface area contributed by atoms with Gasteiger partial charge in [0.1, 0.15) is 17.5 Å². The Balaban J connectivity index is 1.83. The van der Waals surface area contributed by atoms with Crippen molar-refractivity contribution in [3.8, 4) is 22.6 Å². The van der Waals surface area contributed by atoms with Gasteiger partial charge in [0.15, 0.2) is 0 Å². The molecule has 0 bridgehead atoms. The molecule has 0 aliphatic heterocycles. The highest BCUT2D eigenvalue weighted by atomic mass is 35.5. The highest BCUT2D eigenvalue weighted by Crippen LogP contribution is 2.40. The maximum atomic E-state index is 12.7. The van der Waals surface area contributed by atoms with E-state index in [1.807, 2.05) is 31.2 Å². The Bertz CT molecular complexity index is 1180. The van der Waals surface area contributed by atoms with E-state index in [9.17, 15) is 14.7 Å². The Labute approximate surface area is 219 Å². The van der Waals surface area contributed by atoms with Gasteiger partial charge in [0.2, 0.25) is 0 Å². The van der Waals surface area contributed by atoms with Crippen molar-refractivity contribution in [3.05, 3.63) is 81.3 Å². The van der Waals surface area contributed by atoms with Gasteiger partial charge < -0.3 is 24.6 Å². The number of hydrogen-bond donors (Lipinski definition) is 2. The molecule has 1 atom stereocenters. The van der Waals surface area contributed by atoms with Crippen LogP contribution in [-0.4, -0.2) is 43.9 Å². The number of methoxy groups -OCH3 is 2. The van der Waals surface area contributed by atoms with Crippen LogP contribution < -0.4 is 14.8 Å². The Morgan fingerprint density at radius 3 is 2.03 bits per heavy atom. The second kappa shape index (κ2) is 12.6. The van der Waals surface area contributed by atoms with Crippen molar-refractivity contribution < 1.29 is 28.9 Å². The second-order valence-electron chi connectivity index (χ2n) is 7.87. The lowest BCUT2D eigenvalue weighted by atomic mass is 9.98. The van der Waals surface area contributed by atoms with Crippen LogP contribution in [0, 0.1) is 0 Å². The number of amides is 1. The third-order valence-corrected chi connectivity index (χ3v) is 6.14. The average molecular weight is 532 g/mol. The minimum Gasteiger partial charge on any atom is -0.496 e.